The summed E-state index contributed by atoms with van der Waals surface area (Å²) in [5.74, 6) is -0.459. The van der Waals surface area contributed by atoms with Crippen LogP contribution in [0.4, 0.5) is 10.1 Å². The monoisotopic (exact) mass is 525 g/mol. The number of aliphatic imine (C=N–C) groups is 1. The molecule has 170 valence electrons. The van der Waals surface area contributed by atoms with E-state index in [0.717, 1.165) is 0 Å². The molecule has 0 aromatic heterocycles. The van der Waals surface area contributed by atoms with Crippen LogP contribution in [-0.2, 0) is 4.79 Å². The lowest BCUT2D eigenvalue weighted by Gasteiger charge is -2.19. The molecule has 0 radical (unpaired) electrons. The van der Waals surface area contributed by atoms with Crippen molar-refractivity contribution in [3.63, 3.8) is 0 Å². The van der Waals surface area contributed by atoms with Gasteiger partial charge in [0.05, 0.1) is 30.1 Å². The first-order valence-electron chi connectivity index (χ1n) is 9.78. The Labute approximate surface area is 197 Å². The molecule has 1 unspecified atom stereocenters. The highest BCUT2D eigenvalue weighted by molar-refractivity contribution is 9.10. The number of amides is 2. The third-order valence-corrected chi connectivity index (χ3v) is 5.46. The number of hydrogen-bond donors (Lipinski definition) is 5. The summed E-state index contributed by atoms with van der Waals surface area (Å²) >= 11 is 9.22. The molecule has 3 rings (SSSR count). The van der Waals surface area contributed by atoms with Gasteiger partial charge < -0.3 is 26.4 Å². The maximum atomic E-state index is 13.1. The average Bonchev–Trinajstić information content (AvgIpc) is 2.76. The minimum Gasteiger partial charge on any atom is -0.506 e. The average molecular weight is 527 g/mol. The Bertz CT molecular complexity index is 1050. The molecule has 1 aliphatic heterocycles. The van der Waals surface area contributed by atoms with Crippen LogP contribution in [0.3, 0.4) is 0 Å². The van der Waals surface area contributed by atoms with Crippen LogP contribution in [0.1, 0.15) is 28.9 Å². The molecule has 2 atom stereocenters. The topological polar surface area (TPSA) is 115 Å². The fourth-order valence-electron chi connectivity index (χ4n) is 3.03. The van der Waals surface area contributed by atoms with Gasteiger partial charge >= 0.3 is 0 Å². The number of carbonyl (C=O) groups excluding carboxylic acids is 2. The van der Waals surface area contributed by atoms with E-state index in [1.807, 2.05) is 0 Å². The fourth-order valence-corrected chi connectivity index (χ4v) is 3.86. The molecule has 32 heavy (non-hydrogen) atoms. The Morgan fingerprint density at radius 2 is 2.16 bits per heavy atom. The molecule has 5 N–H and O–H groups in total. The van der Waals surface area contributed by atoms with Gasteiger partial charge in [0.2, 0.25) is 5.91 Å². The van der Waals surface area contributed by atoms with Crippen molar-refractivity contribution in [3.8, 4) is 5.75 Å². The maximum Gasteiger partial charge on any atom is 0.251 e. The van der Waals surface area contributed by atoms with Gasteiger partial charge in [0.25, 0.3) is 5.91 Å². The van der Waals surface area contributed by atoms with E-state index in [4.69, 9.17) is 11.6 Å². The highest BCUT2D eigenvalue weighted by atomic mass is 79.9. The molecular weight excluding hydrogens is 505 g/mol. The molecule has 1 aliphatic rings. The van der Waals surface area contributed by atoms with Crippen molar-refractivity contribution in [1.82, 2.24) is 16.0 Å². The lowest BCUT2D eigenvalue weighted by molar-refractivity contribution is -0.120. The van der Waals surface area contributed by atoms with E-state index in [2.05, 4.69) is 42.2 Å². The fraction of sp³-hybridized carbons (Fsp3) is 0.286. The van der Waals surface area contributed by atoms with Crippen molar-refractivity contribution in [1.29, 1.82) is 0 Å². The quantitative estimate of drug-likeness (QED) is 0.397. The Morgan fingerprint density at radius 1 is 1.38 bits per heavy atom. The van der Waals surface area contributed by atoms with Gasteiger partial charge in [0.1, 0.15) is 11.9 Å². The zero-order valence-corrected chi connectivity index (χ0v) is 19.4. The van der Waals surface area contributed by atoms with Crippen molar-refractivity contribution in [2.45, 2.75) is 19.1 Å². The Kier molecular flexibility index (Phi) is 7.92. The van der Waals surface area contributed by atoms with Gasteiger partial charge in [0, 0.05) is 21.8 Å². The molecule has 2 aromatic rings. The maximum absolute atomic E-state index is 13.1. The molecule has 11 heteroatoms. The van der Waals surface area contributed by atoms with Crippen molar-refractivity contribution < 1.29 is 19.1 Å². The smallest absolute Gasteiger partial charge is 0.251 e. The normalized spacial score (nSPS) is 16.4. The lowest BCUT2D eigenvalue weighted by Crippen LogP contribution is -2.41. The number of phenolic OH excluding ortho intramolecular Hbond substituents is 1. The number of nitrogens with zero attached hydrogens (tertiary/aromatic N) is 1. The van der Waals surface area contributed by atoms with Crippen LogP contribution in [0, 0.1) is 0 Å². The highest BCUT2D eigenvalue weighted by Crippen LogP contribution is 2.34. The minimum absolute atomic E-state index is 0.0188. The molecule has 2 amide bonds. The summed E-state index contributed by atoms with van der Waals surface area (Å²) in [7, 11) is 0. The SMILES string of the molecule is C[C@@H](NC(=O)CNC(=O)c1cccc(NC2=NCC(F)CN2)c1)c1cc(Cl)cc(Br)c1O. The molecule has 0 fully saturated rings. The van der Waals surface area contributed by atoms with E-state index in [9.17, 15) is 19.1 Å². The Morgan fingerprint density at radius 3 is 2.88 bits per heavy atom. The molecule has 0 saturated heterocycles. The van der Waals surface area contributed by atoms with E-state index < -0.39 is 24.0 Å². The number of benzene rings is 2. The van der Waals surface area contributed by atoms with Crippen LogP contribution < -0.4 is 21.3 Å². The second kappa shape index (κ2) is 10.6. The van der Waals surface area contributed by atoms with Gasteiger partial charge in [-0.2, -0.15) is 0 Å². The molecule has 0 spiro atoms. The predicted octanol–water partition coefficient (Wildman–Crippen LogP) is 3.12. The minimum atomic E-state index is -1.02. The Hall–Kier alpha value is -2.85. The first-order chi connectivity index (χ1) is 15.2. The van der Waals surface area contributed by atoms with Crippen LogP contribution >= 0.6 is 27.5 Å². The molecule has 8 nitrogen and oxygen atoms in total. The van der Waals surface area contributed by atoms with E-state index in [-0.39, 0.29) is 25.4 Å². The number of hydrogen-bond acceptors (Lipinski definition) is 6. The number of aromatic hydroxyl groups is 1. The number of rotatable bonds is 6. The van der Waals surface area contributed by atoms with Gasteiger partial charge in [-0.1, -0.05) is 17.7 Å². The summed E-state index contributed by atoms with van der Waals surface area (Å²) in [5, 5.41) is 21.7. The number of nitrogens with one attached hydrogen (secondary N) is 4. The molecule has 0 saturated carbocycles. The number of carbonyl (C=O) groups is 2. The largest absolute Gasteiger partial charge is 0.506 e. The molecular formula is C21H22BrClFN5O3. The van der Waals surface area contributed by atoms with E-state index in [1.54, 1.807) is 43.3 Å². The second-order valence-corrected chi connectivity index (χ2v) is 8.46. The standard InChI is InChI=1S/C21H22BrClFN5O3/c1-11(16-6-13(23)7-17(22)19(16)31)28-18(30)10-25-20(32)12-3-2-4-15(5-12)29-21-26-8-14(24)9-27-21/h2-7,11,14,31H,8-10H2,1H3,(H,25,32)(H,28,30)(H2,26,27,29)/t11-/m1/s1. The van der Waals surface area contributed by atoms with Crippen LogP contribution in [-0.4, -0.2) is 48.7 Å². The molecule has 0 aliphatic carbocycles. The number of alkyl halides is 1. The number of halogens is 3. The third kappa shape index (κ3) is 6.33. The predicted molar refractivity (Wildman–Crippen MR) is 125 cm³/mol. The van der Waals surface area contributed by atoms with Gasteiger partial charge in [-0.25, -0.2) is 9.38 Å². The van der Waals surface area contributed by atoms with Crippen molar-refractivity contribution >= 4 is 51.0 Å². The summed E-state index contributed by atoms with van der Waals surface area (Å²) in [6.07, 6.45) is -1.02. The second-order valence-electron chi connectivity index (χ2n) is 7.17. The van der Waals surface area contributed by atoms with Gasteiger partial charge in [0.15, 0.2) is 5.96 Å². The van der Waals surface area contributed by atoms with Gasteiger partial charge in [-0.15, -0.1) is 0 Å². The van der Waals surface area contributed by atoms with Crippen LogP contribution in [0.5, 0.6) is 5.75 Å². The first kappa shape index (κ1) is 23.8. The van der Waals surface area contributed by atoms with Crippen molar-refractivity contribution in [2.75, 3.05) is 25.0 Å². The summed E-state index contributed by atoms with van der Waals surface area (Å²) in [6.45, 7) is 1.69. The van der Waals surface area contributed by atoms with E-state index in [0.29, 0.717) is 32.3 Å². The number of guanidine groups is 1. The highest BCUT2D eigenvalue weighted by Gasteiger charge is 2.17. The van der Waals surface area contributed by atoms with Crippen molar-refractivity contribution in [2.24, 2.45) is 4.99 Å². The Balaban J connectivity index is 1.54. The van der Waals surface area contributed by atoms with Crippen LogP contribution in [0.2, 0.25) is 5.02 Å². The van der Waals surface area contributed by atoms with Crippen molar-refractivity contribution in [3.05, 3.63) is 57.0 Å². The lowest BCUT2D eigenvalue weighted by atomic mass is 10.1. The first-order valence-corrected chi connectivity index (χ1v) is 10.9. The van der Waals surface area contributed by atoms with Gasteiger partial charge in [-0.05, 0) is 53.2 Å². The van der Waals surface area contributed by atoms with Gasteiger partial charge in [-0.3, -0.25) is 9.59 Å². The number of anilines is 1. The molecule has 1 heterocycles. The summed E-state index contributed by atoms with van der Waals surface area (Å²) in [4.78, 5) is 28.8. The summed E-state index contributed by atoms with van der Waals surface area (Å²) < 4.78 is 13.6. The summed E-state index contributed by atoms with van der Waals surface area (Å²) in [6, 6.07) is 9.21. The number of phenols is 1. The van der Waals surface area contributed by atoms with E-state index >= 15 is 0 Å². The summed E-state index contributed by atoms with van der Waals surface area (Å²) in [5.41, 5.74) is 1.38. The van der Waals surface area contributed by atoms with Crippen LogP contribution in [0.25, 0.3) is 0 Å². The zero-order valence-electron chi connectivity index (χ0n) is 17.1. The zero-order chi connectivity index (χ0) is 23.3. The van der Waals surface area contributed by atoms with Crippen LogP contribution in [0.15, 0.2) is 45.9 Å². The third-order valence-electron chi connectivity index (χ3n) is 4.64. The molecule has 0 bridgehead atoms. The molecule has 2 aromatic carbocycles. The van der Waals surface area contributed by atoms with E-state index in [1.165, 1.54) is 0 Å².